The van der Waals surface area contributed by atoms with Crippen LogP contribution >= 0.6 is 0 Å². The second-order valence-corrected chi connectivity index (χ2v) is 4.48. The molecular weight excluding hydrogens is 235 g/mol. The van der Waals surface area contributed by atoms with Crippen molar-refractivity contribution in [2.75, 3.05) is 11.4 Å². The van der Waals surface area contributed by atoms with E-state index in [1.54, 1.807) is 19.1 Å². The van der Waals surface area contributed by atoms with E-state index in [4.69, 9.17) is 0 Å². The standard InChI is InChI=1S/C13H15FN2O2/c1-8-3-4-10(14)11(7-8)16-6-5-12(17)15-9(2)13(16)18/h3-4,7,9H,5-6H2,1-2H3,(H,15,17). The third-order valence-electron chi connectivity index (χ3n) is 2.97. The molecule has 2 amide bonds. The Morgan fingerprint density at radius 1 is 1.39 bits per heavy atom. The molecule has 1 fully saturated rings. The number of carbonyl (C=O) groups is 2. The van der Waals surface area contributed by atoms with Crippen LogP contribution < -0.4 is 10.2 Å². The number of anilines is 1. The molecule has 1 aliphatic heterocycles. The van der Waals surface area contributed by atoms with Gasteiger partial charge in [0.25, 0.3) is 0 Å². The van der Waals surface area contributed by atoms with Gasteiger partial charge in [-0.1, -0.05) is 6.07 Å². The molecule has 1 heterocycles. The Balaban J connectivity index is 2.38. The number of nitrogens with one attached hydrogen (secondary N) is 1. The van der Waals surface area contributed by atoms with E-state index in [2.05, 4.69) is 5.32 Å². The SMILES string of the molecule is Cc1ccc(F)c(N2CCC(=O)NC(C)C2=O)c1. The Kier molecular flexibility index (Phi) is 3.32. The molecule has 18 heavy (non-hydrogen) atoms. The highest BCUT2D eigenvalue weighted by Gasteiger charge is 2.28. The van der Waals surface area contributed by atoms with Crippen LogP contribution in [-0.4, -0.2) is 24.4 Å². The Morgan fingerprint density at radius 2 is 2.11 bits per heavy atom. The summed E-state index contributed by atoms with van der Waals surface area (Å²) < 4.78 is 13.8. The maximum Gasteiger partial charge on any atom is 0.249 e. The van der Waals surface area contributed by atoms with Gasteiger partial charge in [0.1, 0.15) is 11.9 Å². The molecule has 1 unspecified atom stereocenters. The van der Waals surface area contributed by atoms with Gasteiger partial charge in [0.2, 0.25) is 11.8 Å². The molecule has 1 N–H and O–H groups in total. The first-order valence-corrected chi connectivity index (χ1v) is 5.86. The summed E-state index contributed by atoms with van der Waals surface area (Å²) in [5, 5.41) is 2.57. The highest BCUT2D eigenvalue weighted by atomic mass is 19.1. The summed E-state index contributed by atoms with van der Waals surface area (Å²) in [6, 6.07) is 3.98. The van der Waals surface area contributed by atoms with Crippen molar-refractivity contribution in [3.8, 4) is 0 Å². The lowest BCUT2D eigenvalue weighted by Crippen LogP contribution is -2.43. The maximum atomic E-state index is 13.8. The van der Waals surface area contributed by atoms with Crippen molar-refractivity contribution in [3.63, 3.8) is 0 Å². The van der Waals surface area contributed by atoms with E-state index in [9.17, 15) is 14.0 Å². The van der Waals surface area contributed by atoms with Crippen molar-refractivity contribution in [1.29, 1.82) is 0 Å². The van der Waals surface area contributed by atoms with E-state index in [1.165, 1.54) is 11.0 Å². The van der Waals surface area contributed by atoms with Crippen LogP contribution in [0.3, 0.4) is 0 Å². The molecule has 0 aliphatic carbocycles. The molecule has 0 saturated carbocycles. The first-order valence-electron chi connectivity index (χ1n) is 5.86. The second kappa shape index (κ2) is 4.76. The fourth-order valence-electron chi connectivity index (χ4n) is 2.00. The zero-order chi connectivity index (χ0) is 13.3. The molecule has 1 atom stereocenters. The summed E-state index contributed by atoms with van der Waals surface area (Å²) in [7, 11) is 0. The van der Waals surface area contributed by atoms with Crippen molar-refractivity contribution < 1.29 is 14.0 Å². The molecule has 0 spiro atoms. The summed E-state index contributed by atoms with van der Waals surface area (Å²) >= 11 is 0. The van der Waals surface area contributed by atoms with Crippen molar-refractivity contribution in [2.24, 2.45) is 0 Å². The number of rotatable bonds is 1. The lowest BCUT2D eigenvalue weighted by Gasteiger charge is -2.23. The van der Waals surface area contributed by atoms with Crippen molar-refractivity contribution in [3.05, 3.63) is 29.6 Å². The van der Waals surface area contributed by atoms with Crippen molar-refractivity contribution >= 4 is 17.5 Å². The van der Waals surface area contributed by atoms with Gasteiger partial charge < -0.3 is 10.2 Å². The summed E-state index contributed by atoms with van der Waals surface area (Å²) in [6.07, 6.45) is 0.184. The Morgan fingerprint density at radius 3 is 2.83 bits per heavy atom. The number of halogens is 1. The number of amides is 2. The molecule has 2 rings (SSSR count). The normalized spacial score (nSPS) is 20.6. The number of nitrogens with zero attached hydrogens (tertiary/aromatic N) is 1. The minimum atomic E-state index is -0.625. The van der Waals surface area contributed by atoms with Crippen LogP contribution in [0, 0.1) is 12.7 Å². The molecular formula is C13H15FN2O2. The van der Waals surface area contributed by atoms with E-state index in [0.717, 1.165) is 5.56 Å². The lowest BCUT2D eigenvalue weighted by molar-refractivity contribution is -0.125. The van der Waals surface area contributed by atoms with Crippen LogP contribution in [0.2, 0.25) is 0 Å². The first kappa shape index (κ1) is 12.5. The van der Waals surface area contributed by atoms with Gasteiger partial charge in [-0.05, 0) is 31.5 Å². The minimum Gasteiger partial charge on any atom is -0.345 e. The summed E-state index contributed by atoms with van der Waals surface area (Å²) in [6.45, 7) is 3.64. The van der Waals surface area contributed by atoms with E-state index < -0.39 is 11.9 Å². The highest BCUT2D eigenvalue weighted by molar-refractivity contribution is 6.01. The van der Waals surface area contributed by atoms with Crippen LogP contribution in [0.1, 0.15) is 18.9 Å². The molecule has 1 aromatic carbocycles. The van der Waals surface area contributed by atoms with E-state index in [1.807, 2.05) is 6.92 Å². The molecule has 1 aliphatic rings. The topological polar surface area (TPSA) is 49.4 Å². The largest absolute Gasteiger partial charge is 0.345 e. The third-order valence-corrected chi connectivity index (χ3v) is 2.97. The Bertz CT molecular complexity index is 502. The van der Waals surface area contributed by atoms with E-state index >= 15 is 0 Å². The van der Waals surface area contributed by atoms with Gasteiger partial charge in [-0.2, -0.15) is 0 Å². The fourth-order valence-corrected chi connectivity index (χ4v) is 2.00. The molecule has 0 radical (unpaired) electrons. The van der Waals surface area contributed by atoms with E-state index in [-0.39, 0.29) is 30.5 Å². The van der Waals surface area contributed by atoms with Crippen LogP contribution in [0.4, 0.5) is 10.1 Å². The molecule has 4 nitrogen and oxygen atoms in total. The Hall–Kier alpha value is -1.91. The summed E-state index contributed by atoms with van der Waals surface area (Å²) in [5.41, 5.74) is 1.11. The molecule has 1 saturated heterocycles. The number of benzene rings is 1. The van der Waals surface area contributed by atoms with Crippen LogP contribution in [0.5, 0.6) is 0 Å². The predicted molar refractivity (Wildman–Crippen MR) is 65.7 cm³/mol. The molecule has 1 aromatic rings. The number of hydrogen-bond donors (Lipinski definition) is 1. The number of carbonyl (C=O) groups excluding carboxylic acids is 2. The smallest absolute Gasteiger partial charge is 0.249 e. The van der Waals surface area contributed by atoms with Gasteiger partial charge in [-0.25, -0.2) is 4.39 Å². The van der Waals surface area contributed by atoms with Crippen molar-refractivity contribution in [2.45, 2.75) is 26.3 Å². The second-order valence-electron chi connectivity index (χ2n) is 4.48. The quantitative estimate of drug-likeness (QED) is 0.818. The van der Waals surface area contributed by atoms with Crippen molar-refractivity contribution in [1.82, 2.24) is 5.32 Å². The van der Waals surface area contributed by atoms with Gasteiger partial charge in [0, 0.05) is 13.0 Å². The number of hydrogen-bond acceptors (Lipinski definition) is 2. The van der Waals surface area contributed by atoms with Gasteiger partial charge in [0.15, 0.2) is 0 Å². The Labute approximate surface area is 105 Å². The fraction of sp³-hybridized carbons (Fsp3) is 0.385. The van der Waals surface area contributed by atoms with Gasteiger partial charge in [-0.3, -0.25) is 9.59 Å². The third kappa shape index (κ3) is 2.34. The van der Waals surface area contributed by atoms with E-state index in [0.29, 0.717) is 0 Å². The molecule has 0 bridgehead atoms. The lowest BCUT2D eigenvalue weighted by atomic mass is 10.2. The summed E-state index contributed by atoms with van der Waals surface area (Å²) in [4.78, 5) is 24.8. The van der Waals surface area contributed by atoms with Crippen LogP contribution in [-0.2, 0) is 9.59 Å². The average molecular weight is 250 g/mol. The minimum absolute atomic E-state index is 0.184. The zero-order valence-electron chi connectivity index (χ0n) is 10.4. The zero-order valence-corrected chi connectivity index (χ0v) is 10.4. The van der Waals surface area contributed by atoms with Crippen LogP contribution in [0.15, 0.2) is 18.2 Å². The molecule has 0 aromatic heterocycles. The average Bonchev–Trinajstić information content (AvgIpc) is 2.44. The molecule has 96 valence electrons. The molecule has 5 heteroatoms. The van der Waals surface area contributed by atoms with Crippen LogP contribution in [0.25, 0.3) is 0 Å². The first-order chi connectivity index (χ1) is 8.49. The van der Waals surface area contributed by atoms with Gasteiger partial charge in [-0.15, -0.1) is 0 Å². The predicted octanol–water partition coefficient (Wildman–Crippen LogP) is 1.38. The highest BCUT2D eigenvalue weighted by Crippen LogP contribution is 2.22. The summed E-state index contributed by atoms with van der Waals surface area (Å²) in [5.74, 6) is -0.924. The van der Waals surface area contributed by atoms with Gasteiger partial charge >= 0.3 is 0 Å². The maximum absolute atomic E-state index is 13.8. The van der Waals surface area contributed by atoms with Gasteiger partial charge in [0.05, 0.1) is 5.69 Å². The number of aryl methyl sites for hydroxylation is 1. The monoisotopic (exact) mass is 250 g/mol.